The van der Waals surface area contributed by atoms with Crippen LogP contribution in [0, 0.1) is 5.82 Å². The maximum atomic E-state index is 13.2. The monoisotopic (exact) mass is 394 g/mol. The van der Waals surface area contributed by atoms with Crippen molar-refractivity contribution in [2.75, 3.05) is 13.1 Å². The smallest absolute Gasteiger partial charge is 0.255 e. The molecule has 26 heavy (non-hydrogen) atoms. The normalized spacial score (nSPS) is 15.0. The predicted octanol–water partition coefficient (Wildman–Crippen LogP) is 4.17. The maximum Gasteiger partial charge on any atom is 0.255 e. The number of halogens is 3. The summed E-state index contributed by atoms with van der Waals surface area (Å²) < 4.78 is 13.2. The molecule has 1 aliphatic heterocycles. The van der Waals surface area contributed by atoms with Gasteiger partial charge in [-0.3, -0.25) is 9.59 Å². The molecule has 136 valence electrons. The molecule has 0 radical (unpaired) electrons. The van der Waals surface area contributed by atoms with Crippen LogP contribution in [0.25, 0.3) is 0 Å². The number of piperidine rings is 1. The zero-order chi connectivity index (χ0) is 18.7. The second-order valence-electron chi connectivity index (χ2n) is 6.17. The SMILES string of the molecule is O=C(NC1CCN(C(=O)c2cc(Cl)ccc2Cl)CC1)c1cccc(F)c1. The summed E-state index contributed by atoms with van der Waals surface area (Å²) in [5, 5.41) is 3.71. The lowest BCUT2D eigenvalue weighted by atomic mass is 10.0. The van der Waals surface area contributed by atoms with Crippen molar-refractivity contribution in [2.45, 2.75) is 18.9 Å². The summed E-state index contributed by atoms with van der Waals surface area (Å²) in [6.45, 7) is 0.992. The van der Waals surface area contributed by atoms with Crippen molar-refractivity contribution in [3.05, 3.63) is 69.5 Å². The van der Waals surface area contributed by atoms with Gasteiger partial charge in [0.15, 0.2) is 0 Å². The van der Waals surface area contributed by atoms with E-state index in [0.29, 0.717) is 41.5 Å². The van der Waals surface area contributed by atoms with E-state index in [0.717, 1.165) is 0 Å². The predicted molar refractivity (Wildman–Crippen MR) is 99.3 cm³/mol. The van der Waals surface area contributed by atoms with Crippen LogP contribution in [0.5, 0.6) is 0 Å². The van der Waals surface area contributed by atoms with E-state index in [1.807, 2.05) is 0 Å². The number of nitrogens with one attached hydrogen (secondary N) is 1. The maximum absolute atomic E-state index is 13.2. The van der Waals surface area contributed by atoms with E-state index in [2.05, 4.69) is 5.32 Å². The van der Waals surface area contributed by atoms with Gasteiger partial charge in [-0.05, 0) is 49.2 Å². The van der Waals surface area contributed by atoms with Crippen LogP contribution < -0.4 is 5.32 Å². The first-order valence-corrected chi connectivity index (χ1v) is 9.00. The van der Waals surface area contributed by atoms with Crippen molar-refractivity contribution in [1.82, 2.24) is 10.2 Å². The number of hydrogen-bond donors (Lipinski definition) is 1. The summed E-state index contributed by atoms with van der Waals surface area (Å²) in [4.78, 5) is 26.5. The lowest BCUT2D eigenvalue weighted by molar-refractivity contribution is 0.0698. The molecule has 3 rings (SSSR count). The lowest BCUT2D eigenvalue weighted by Gasteiger charge is -2.32. The van der Waals surface area contributed by atoms with Gasteiger partial charge in [0, 0.05) is 29.7 Å². The van der Waals surface area contributed by atoms with E-state index in [4.69, 9.17) is 23.2 Å². The minimum absolute atomic E-state index is 0.0651. The molecule has 2 aromatic carbocycles. The van der Waals surface area contributed by atoms with Crippen molar-refractivity contribution < 1.29 is 14.0 Å². The highest BCUT2D eigenvalue weighted by molar-refractivity contribution is 6.35. The minimum atomic E-state index is -0.448. The molecule has 2 amide bonds. The standard InChI is InChI=1S/C19H17Cl2FN2O2/c20-13-4-5-17(21)16(11-13)19(26)24-8-6-15(7-9-24)23-18(25)12-2-1-3-14(22)10-12/h1-5,10-11,15H,6-9H2,(H,23,25). The van der Waals surface area contributed by atoms with Crippen LogP contribution in [-0.2, 0) is 0 Å². The zero-order valence-electron chi connectivity index (χ0n) is 13.8. The second kappa shape index (κ2) is 8.06. The Kier molecular flexibility index (Phi) is 5.79. The molecule has 0 atom stereocenters. The van der Waals surface area contributed by atoms with Gasteiger partial charge in [0.25, 0.3) is 11.8 Å². The van der Waals surface area contributed by atoms with Crippen molar-refractivity contribution in [1.29, 1.82) is 0 Å². The van der Waals surface area contributed by atoms with E-state index < -0.39 is 5.82 Å². The van der Waals surface area contributed by atoms with Gasteiger partial charge in [0.05, 0.1) is 10.6 Å². The third kappa shape index (κ3) is 4.34. The molecule has 1 heterocycles. The number of hydrogen-bond acceptors (Lipinski definition) is 2. The molecular weight excluding hydrogens is 378 g/mol. The van der Waals surface area contributed by atoms with Crippen LogP contribution in [0.2, 0.25) is 10.0 Å². The molecule has 0 spiro atoms. The van der Waals surface area contributed by atoms with E-state index in [1.54, 1.807) is 29.2 Å². The number of amides is 2. The highest BCUT2D eigenvalue weighted by Crippen LogP contribution is 2.23. The highest BCUT2D eigenvalue weighted by atomic mass is 35.5. The summed E-state index contributed by atoms with van der Waals surface area (Å²) in [6, 6.07) is 10.3. The summed E-state index contributed by atoms with van der Waals surface area (Å²) in [6.07, 6.45) is 1.23. The van der Waals surface area contributed by atoms with Crippen LogP contribution in [0.15, 0.2) is 42.5 Å². The number of rotatable bonds is 3. The first-order chi connectivity index (χ1) is 12.4. The summed E-state index contributed by atoms with van der Waals surface area (Å²) >= 11 is 12.0. The zero-order valence-corrected chi connectivity index (χ0v) is 15.4. The van der Waals surface area contributed by atoms with Gasteiger partial charge in [0.1, 0.15) is 5.82 Å². The van der Waals surface area contributed by atoms with Gasteiger partial charge in [0.2, 0.25) is 0 Å². The average molecular weight is 395 g/mol. The van der Waals surface area contributed by atoms with Crippen LogP contribution in [0.3, 0.4) is 0 Å². The number of nitrogens with zero attached hydrogens (tertiary/aromatic N) is 1. The average Bonchev–Trinajstić information content (AvgIpc) is 2.64. The Labute approximate surface area is 160 Å². The first-order valence-electron chi connectivity index (χ1n) is 8.25. The van der Waals surface area contributed by atoms with Gasteiger partial charge in [-0.1, -0.05) is 29.3 Å². The van der Waals surface area contributed by atoms with Gasteiger partial charge >= 0.3 is 0 Å². The first kappa shape index (κ1) is 18.7. The second-order valence-corrected chi connectivity index (χ2v) is 7.02. The molecule has 1 fully saturated rings. The van der Waals surface area contributed by atoms with Crippen LogP contribution in [0.1, 0.15) is 33.6 Å². The Bertz CT molecular complexity index is 836. The molecule has 0 aliphatic carbocycles. The van der Waals surface area contributed by atoms with Crippen LogP contribution >= 0.6 is 23.2 Å². The third-order valence-corrected chi connectivity index (χ3v) is 4.93. The molecule has 0 aromatic heterocycles. The topological polar surface area (TPSA) is 49.4 Å². The molecule has 0 saturated carbocycles. The van der Waals surface area contributed by atoms with Crippen molar-refractivity contribution in [2.24, 2.45) is 0 Å². The minimum Gasteiger partial charge on any atom is -0.349 e. The van der Waals surface area contributed by atoms with E-state index in [9.17, 15) is 14.0 Å². The number of carbonyl (C=O) groups is 2. The Morgan fingerprint density at radius 3 is 2.50 bits per heavy atom. The molecule has 0 bridgehead atoms. The lowest BCUT2D eigenvalue weighted by Crippen LogP contribution is -2.46. The molecule has 4 nitrogen and oxygen atoms in total. The van der Waals surface area contributed by atoms with E-state index in [-0.39, 0.29) is 23.4 Å². The fraction of sp³-hybridized carbons (Fsp3) is 0.263. The summed E-state index contributed by atoms with van der Waals surface area (Å²) in [5.41, 5.74) is 0.663. The van der Waals surface area contributed by atoms with Gasteiger partial charge < -0.3 is 10.2 Å². The molecule has 1 aliphatic rings. The summed E-state index contributed by atoms with van der Waals surface area (Å²) in [7, 11) is 0. The Hall–Kier alpha value is -2.11. The van der Waals surface area contributed by atoms with E-state index >= 15 is 0 Å². The molecule has 1 N–H and O–H groups in total. The Balaban J connectivity index is 1.58. The summed E-state index contributed by atoms with van der Waals surface area (Å²) in [5.74, 6) is -0.934. The molecule has 2 aromatic rings. The van der Waals surface area contributed by atoms with Crippen LogP contribution in [-0.4, -0.2) is 35.8 Å². The van der Waals surface area contributed by atoms with Crippen molar-refractivity contribution in [3.8, 4) is 0 Å². The molecule has 0 unspecified atom stereocenters. The number of benzene rings is 2. The van der Waals surface area contributed by atoms with Crippen molar-refractivity contribution >= 4 is 35.0 Å². The van der Waals surface area contributed by atoms with Gasteiger partial charge in [-0.15, -0.1) is 0 Å². The number of carbonyl (C=O) groups excluding carboxylic acids is 2. The quantitative estimate of drug-likeness (QED) is 0.848. The highest BCUT2D eigenvalue weighted by Gasteiger charge is 2.26. The Morgan fingerprint density at radius 2 is 1.81 bits per heavy atom. The molecule has 1 saturated heterocycles. The fourth-order valence-electron chi connectivity index (χ4n) is 2.96. The molecule has 7 heteroatoms. The van der Waals surface area contributed by atoms with Gasteiger partial charge in [-0.25, -0.2) is 4.39 Å². The van der Waals surface area contributed by atoms with Crippen molar-refractivity contribution in [3.63, 3.8) is 0 Å². The number of likely N-dealkylation sites (tertiary alicyclic amines) is 1. The largest absolute Gasteiger partial charge is 0.349 e. The Morgan fingerprint density at radius 1 is 1.08 bits per heavy atom. The van der Waals surface area contributed by atoms with E-state index in [1.165, 1.54) is 18.2 Å². The molecular formula is C19H17Cl2FN2O2. The van der Waals surface area contributed by atoms with Crippen LogP contribution in [0.4, 0.5) is 4.39 Å². The third-order valence-electron chi connectivity index (χ3n) is 4.36. The van der Waals surface area contributed by atoms with Gasteiger partial charge in [-0.2, -0.15) is 0 Å². The fourth-order valence-corrected chi connectivity index (χ4v) is 3.33.